The molecule has 0 atom stereocenters. The molecule has 0 aliphatic heterocycles. The molecule has 0 fully saturated rings. The second kappa shape index (κ2) is 8.36. The van der Waals surface area contributed by atoms with Crippen LogP contribution in [0.5, 0.6) is 17.2 Å². The maximum Gasteiger partial charge on any atom is 0.344 e. The minimum Gasteiger partial charge on any atom is -0.493 e. The van der Waals surface area contributed by atoms with Crippen molar-refractivity contribution in [1.29, 1.82) is 0 Å². The Kier molecular flexibility index (Phi) is 5.45. The predicted molar refractivity (Wildman–Crippen MR) is 117 cm³/mol. The largest absolute Gasteiger partial charge is 0.493 e. The van der Waals surface area contributed by atoms with Crippen molar-refractivity contribution < 1.29 is 23.4 Å². The molecule has 0 N–H and O–H groups in total. The summed E-state index contributed by atoms with van der Waals surface area (Å²) in [7, 11) is 3.04. The van der Waals surface area contributed by atoms with Crippen molar-refractivity contribution in [2.45, 2.75) is 6.92 Å². The third-order valence-electron chi connectivity index (χ3n) is 4.96. The van der Waals surface area contributed by atoms with E-state index in [-0.39, 0.29) is 11.5 Å². The standard InChI is InChI=1S/C25H20O6/c1-15-8-4-5-9-17(15)25(27)31-24-22(26)18-10-6-7-11-19(18)30-23(24)16-12-13-20(28-2)21(14-16)29-3/h4-14H,1-3H3. The van der Waals surface area contributed by atoms with Crippen molar-refractivity contribution in [3.05, 3.63) is 88.1 Å². The van der Waals surface area contributed by atoms with Gasteiger partial charge in [-0.15, -0.1) is 0 Å². The van der Waals surface area contributed by atoms with E-state index in [4.69, 9.17) is 18.6 Å². The Bertz CT molecular complexity index is 1340. The van der Waals surface area contributed by atoms with E-state index in [0.29, 0.717) is 33.6 Å². The number of rotatable bonds is 5. The van der Waals surface area contributed by atoms with Gasteiger partial charge in [0.1, 0.15) is 5.58 Å². The summed E-state index contributed by atoms with van der Waals surface area (Å²) in [6, 6.07) is 18.9. The predicted octanol–water partition coefficient (Wildman–Crippen LogP) is 5.00. The molecule has 0 radical (unpaired) electrons. The van der Waals surface area contributed by atoms with Gasteiger partial charge in [-0.25, -0.2) is 4.79 Å². The molecule has 0 unspecified atom stereocenters. The van der Waals surface area contributed by atoms with E-state index in [1.807, 2.05) is 6.07 Å². The van der Waals surface area contributed by atoms with E-state index in [1.165, 1.54) is 14.2 Å². The molecule has 4 aromatic rings. The Morgan fingerprint density at radius 3 is 2.32 bits per heavy atom. The van der Waals surface area contributed by atoms with Crippen LogP contribution in [-0.4, -0.2) is 20.2 Å². The van der Waals surface area contributed by atoms with Gasteiger partial charge in [0, 0.05) is 5.56 Å². The number of fused-ring (bicyclic) bond motifs is 1. The van der Waals surface area contributed by atoms with Gasteiger partial charge in [0.05, 0.1) is 25.2 Å². The summed E-state index contributed by atoms with van der Waals surface area (Å²) in [6.07, 6.45) is 0. The summed E-state index contributed by atoms with van der Waals surface area (Å²) in [4.78, 5) is 26.1. The molecule has 0 aliphatic carbocycles. The average Bonchev–Trinajstić information content (AvgIpc) is 2.80. The van der Waals surface area contributed by atoms with E-state index in [9.17, 15) is 9.59 Å². The van der Waals surface area contributed by atoms with Crippen LogP contribution >= 0.6 is 0 Å². The van der Waals surface area contributed by atoms with E-state index >= 15 is 0 Å². The van der Waals surface area contributed by atoms with E-state index in [0.717, 1.165) is 5.56 Å². The number of esters is 1. The average molecular weight is 416 g/mol. The molecule has 0 saturated carbocycles. The number of hydrogen-bond donors (Lipinski definition) is 0. The first kappa shape index (κ1) is 20.2. The fourth-order valence-electron chi connectivity index (χ4n) is 3.33. The topological polar surface area (TPSA) is 75.0 Å². The minimum absolute atomic E-state index is 0.131. The smallest absolute Gasteiger partial charge is 0.344 e. The number of carbonyl (C=O) groups is 1. The zero-order valence-electron chi connectivity index (χ0n) is 17.3. The highest BCUT2D eigenvalue weighted by Crippen LogP contribution is 2.37. The summed E-state index contributed by atoms with van der Waals surface area (Å²) in [5, 5.41) is 0.319. The molecular weight excluding hydrogens is 396 g/mol. The van der Waals surface area contributed by atoms with Crippen LogP contribution in [0.4, 0.5) is 0 Å². The molecule has 156 valence electrons. The Labute approximate surface area is 178 Å². The molecule has 1 heterocycles. The molecule has 0 aliphatic rings. The Morgan fingerprint density at radius 1 is 0.871 bits per heavy atom. The van der Waals surface area contributed by atoms with Gasteiger partial charge in [-0.1, -0.05) is 30.3 Å². The Morgan fingerprint density at radius 2 is 1.58 bits per heavy atom. The number of hydrogen-bond acceptors (Lipinski definition) is 6. The Balaban J connectivity index is 1.91. The first-order chi connectivity index (χ1) is 15.0. The SMILES string of the molecule is COc1ccc(-c2oc3ccccc3c(=O)c2OC(=O)c2ccccc2C)cc1OC. The fraction of sp³-hybridized carbons (Fsp3) is 0.120. The van der Waals surface area contributed by atoms with Gasteiger partial charge in [-0.2, -0.15) is 0 Å². The van der Waals surface area contributed by atoms with Crippen LogP contribution in [0.2, 0.25) is 0 Å². The maximum atomic E-state index is 13.3. The lowest BCUT2D eigenvalue weighted by Gasteiger charge is -2.13. The first-order valence-electron chi connectivity index (χ1n) is 9.59. The van der Waals surface area contributed by atoms with Gasteiger partial charge in [-0.3, -0.25) is 4.79 Å². The molecule has 6 nitrogen and oxygen atoms in total. The third-order valence-corrected chi connectivity index (χ3v) is 4.96. The number of methoxy groups -OCH3 is 2. The van der Waals surface area contributed by atoms with Gasteiger partial charge in [0.25, 0.3) is 0 Å². The van der Waals surface area contributed by atoms with Crippen molar-refractivity contribution in [3.8, 4) is 28.6 Å². The quantitative estimate of drug-likeness (QED) is 0.426. The van der Waals surface area contributed by atoms with Gasteiger partial charge in [0.2, 0.25) is 11.2 Å². The molecule has 31 heavy (non-hydrogen) atoms. The molecule has 3 aromatic carbocycles. The highest BCUT2D eigenvalue weighted by Gasteiger charge is 2.23. The van der Waals surface area contributed by atoms with E-state index < -0.39 is 11.4 Å². The zero-order chi connectivity index (χ0) is 22.0. The van der Waals surface area contributed by atoms with Crippen molar-refractivity contribution >= 4 is 16.9 Å². The van der Waals surface area contributed by atoms with Crippen molar-refractivity contribution in [3.63, 3.8) is 0 Å². The lowest BCUT2D eigenvalue weighted by molar-refractivity contribution is 0.0730. The maximum absolute atomic E-state index is 13.3. The van der Waals surface area contributed by atoms with Crippen LogP contribution in [0.25, 0.3) is 22.3 Å². The number of benzene rings is 3. The van der Waals surface area contributed by atoms with Crippen LogP contribution in [0.1, 0.15) is 15.9 Å². The van der Waals surface area contributed by atoms with Crippen LogP contribution in [0.3, 0.4) is 0 Å². The lowest BCUT2D eigenvalue weighted by atomic mass is 10.1. The van der Waals surface area contributed by atoms with Crippen molar-refractivity contribution in [2.24, 2.45) is 0 Å². The van der Waals surface area contributed by atoms with Gasteiger partial charge in [-0.05, 0) is 48.9 Å². The summed E-state index contributed by atoms with van der Waals surface area (Å²) in [6.45, 7) is 1.80. The molecule has 4 rings (SSSR count). The molecule has 1 aromatic heterocycles. The normalized spacial score (nSPS) is 10.7. The Hall–Kier alpha value is -4.06. The highest BCUT2D eigenvalue weighted by atomic mass is 16.5. The van der Waals surface area contributed by atoms with Crippen LogP contribution in [0.15, 0.2) is 75.9 Å². The molecule has 0 saturated heterocycles. The molecule has 6 heteroatoms. The number of para-hydroxylation sites is 1. The van der Waals surface area contributed by atoms with Gasteiger partial charge in [0.15, 0.2) is 17.3 Å². The van der Waals surface area contributed by atoms with Gasteiger partial charge >= 0.3 is 5.97 Å². The second-order valence-electron chi connectivity index (χ2n) is 6.86. The molecule has 0 amide bonds. The van der Waals surface area contributed by atoms with Crippen molar-refractivity contribution in [1.82, 2.24) is 0 Å². The second-order valence-corrected chi connectivity index (χ2v) is 6.86. The summed E-state index contributed by atoms with van der Waals surface area (Å²) >= 11 is 0. The monoisotopic (exact) mass is 416 g/mol. The first-order valence-corrected chi connectivity index (χ1v) is 9.59. The molecule has 0 bridgehead atoms. The number of ether oxygens (including phenoxy) is 3. The zero-order valence-corrected chi connectivity index (χ0v) is 17.3. The van der Waals surface area contributed by atoms with Crippen LogP contribution < -0.4 is 19.6 Å². The summed E-state index contributed by atoms with van der Waals surface area (Å²) in [5.74, 6) is 0.285. The molecular formula is C25H20O6. The third kappa shape index (κ3) is 3.75. The van der Waals surface area contributed by atoms with Crippen molar-refractivity contribution in [2.75, 3.05) is 14.2 Å². The number of carbonyl (C=O) groups excluding carboxylic acids is 1. The lowest BCUT2D eigenvalue weighted by Crippen LogP contribution is -2.17. The summed E-state index contributed by atoms with van der Waals surface area (Å²) in [5.41, 5.74) is 1.56. The number of aryl methyl sites for hydroxylation is 1. The molecule has 0 spiro atoms. The van der Waals surface area contributed by atoms with Gasteiger partial charge < -0.3 is 18.6 Å². The van der Waals surface area contributed by atoms with Crippen LogP contribution in [-0.2, 0) is 0 Å². The summed E-state index contributed by atoms with van der Waals surface area (Å²) < 4.78 is 22.3. The minimum atomic E-state index is -0.637. The van der Waals surface area contributed by atoms with Crippen LogP contribution in [0, 0.1) is 6.92 Å². The van der Waals surface area contributed by atoms with E-state index in [1.54, 1.807) is 67.6 Å². The fourth-order valence-corrected chi connectivity index (χ4v) is 3.33. The van der Waals surface area contributed by atoms with E-state index in [2.05, 4.69) is 0 Å². The highest BCUT2D eigenvalue weighted by molar-refractivity contribution is 5.94.